The number of rotatable bonds is 6. The van der Waals surface area contributed by atoms with Crippen molar-refractivity contribution in [2.45, 2.75) is 12.6 Å². The first-order chi connectivity index (χ1) is 11.7. The number of para-hydroxylation sites is 1. The number of amides is 1. The number of hydrogen-bond donors (Lipinski definition) is 2. The fourth-order valence-corrected chi connectivity index (χ4v) is 2.33. The van der Waals surface area contributed by atoms with E-state index in [-0.39, 0.29) is 36.8 Å². The number of likely N-dealkylation sites (N-methyl/N-ethyl adjacent to an activating group) is 1. The number of alkyl halides is 3. The molecule has 1 aromatic carbocycles. The van der Waals surface area contributed by atoms with Crippen LogP contribution in [0, 0.1) is 0 Å². The molecule has 1 aromatic rings. The van der Waals surface area contributed by atoms with E-state index in [1.165, 1.54) is 18.2 Å². The van der Waals surface area contributed by atoms with Crippen LogP contribution in [0.15, 0.2) is 47.9 Å². The largest absolute Gasteiger partial charge is 0.505 e. The van der Waals surface area contributed by atoms with Crippen molar-refractivity contribution in [2.75, 3.05) is 26.7 Å². The highest BCUT2D eigenvalue weighted by molar-refractivity contribution is 5.95. The van der Waals surface area contributed by atoms with Crippen LogP contribution in [-0.4, -0.2) is 42.7 Å². The average Bonchev–Trinajstić information content (AvgIpc) is 2.81. The number of halogens is 3. The normalized spacial score (nSPS) is 14.9. The molecule has 0 atom stereocenters. The van der Waals surface area contributed by atoms with Gasteiger partial charge in [0, 0.05) is 13.6 Å². The average molecular weight is 356 g/mol. The molecule has 25 heavy (non-hydrogen) atoms. The second-order valence-electron chi connectivity index (χ2n) is 5.58. The van der Waals surface area contributed by atoms with E-state index in [4.69, 9.17) is 4.74 Å². The molecule has 1 aliphatic heterocycles. The van der Waals surface area contributed by atoms with Crippen molar-refractivity contribution in [3.05, 3.63) is 53.4 Å². The van der Waals surface area contributed by atoms with Gasteiger partial charge in [-0.05, 0) is 18.6 Å². The molecule has 2 rings (SSSR count). The lowest BCUT2D eigenvalue weighted by Gasteiger charge is -2.14. The standard InChI is InChI=1S/C17H19F3N2O3/c1-11-15(23)12(10-22(11)2)16(24)21-8-5-9-25-14-7-4-3-6-13(14)17(18,19)20/h3-4,6-7,23H,1,5,8-10H2,2H3,(H,21,24). The molecule has 2 N–H and O–H groups in total. The van der Waals surface area contributed by atoms with Crippen LogP contribution in [0.5, 0.6) is 5.75 Å². The first kappa shape index (κ1) is 18.7. The summed E-state index contributed by atoms with van der Waals surface area (Å²) in [5.74, 6) is -0.815. The van der Waals surface area contributed by atoms with Gasteiger partial charge in [-0.1, -0.05) is 18.7 Å². The highest BCUT2D eigenvalue weighted by Crippen LogP contribution is 2.35. The maximum atomic E-state index is 12.8. The van der Waals surface area contributed by atoms with Gasteiger partial charge in [0.1, 0.15) is 11.5 Å². The highest BCUT2D eigenvalue weighted by atomic mass is 19.4. The van der Waals surface area contributed by atoms with Gasteiger partial charge in [-0.3, -0.25) is 4.79 Å². The van der Waals surface area contributed by atoms with Crippen molar-refractivity contribution in [2.24, 2.45) is 0 Å². The Labute approximate surface area is 143 Å². The van der Waals surface area contributed by atoms with Gasteiger partial charge in [0.2, 0.25) is 0 Å². The molecule has 0 aliphatic carbocycles. The third-order valence-electron chi connectivity index (χ3n) is 3.75. The van der Waals surface area contributed by atoms with Crippen LogP contribution in [0.2, 0.25) is 0 Å². The van der Waals surface area contributed by atoms with E-state index < -0.39 is 17.6 Å². The maximum Gasteiger partial charge on any atom is 0.419 e. The lowest BCUT2D eigenvalue weighted by atomic mass is 10.2. The number of ether oxygens (including phenoxy) is 1. The Morgan fingerprint density at radius 1 is 1.40 bits per heavy atom. The number of nitrogens with zero attached hydrogens (tertiary/aromatic N) is 1. The molecule has 0 saturated heterocycles. The fraction of sp³-hybridized carbons (Fsp3) is 0.353. The Balaban J connectivity index is 1.80. The summed E-state index contributed by atoms with van der Waals surface area (Å²) in [6.07, 6.45) is -4.16. The Bertz CT molecular complexity index is 699. The molecule has 1 heterocycles. The van der Waals surface area contributed by atoms with E-state index >= 15 is 0 Å². The van der Waals surface area contributed by atoms with Gasteiger partial charge in [0.25, 0.3) is 5.91 Å². The first-order valence-electron chi connectivity index (χ1n) is 7.61. The van der Waals surface area contributed by atoms with Crippen molar-refractivity contribution >= 4 is 5.91 Å². The van der Waals surface area contributed by atoms with Crippen LogP contribution < -0.4 is 10.1 Å². The predicted molar refractivity (Wildman–Crippen MR) is 86.0 cm³/mol. The van der Waals surface area contributed by atoms with Gasteiger partial charge in [0.05, 0.1) is 30.0 Å². The third-order valence-corrected chi connectivity index (χ3v) is 3.75. The van der Waals surface area contributed by atoms with Crippen LogP contribution in [0.3, 0.4) is 0 Å². The minimum Gasteiger partial charge on any atom is -0.505 e. The number of benzene rings is 1. The van der Waals surface area contributed by atoms with E-state index in [9.17, 15) is 23.1 Å². The zero-order chi connectivity index (χ0) is 18.6. The Hall–Kier alpha value is -2.64. The van der Waals surface area contributed by atoms with E-state index in [1.54, 1.807) is 11.9 Å². The molecule has 0 bridgehead atoms. The van der Waals surface area contributed by atoms with Crippen LogP contribution in [0.4, 0.5) is 13.2 Å². The molecular formula is C17H19F3N2O3. The molecule has 0 saturated carbocycles. The molecule has 8 heteroatoms. The van der Waals surface area contributed by atoms with Gasteiger partial charge in [-0.2, -0.15) is 13.2 Å². The van der Waals surface area contributed by atoms with E-state index in [1.807, 2.05) is 0 Å². The zero-order valence-electron chi connectivity index (χ0n) is 13.7. The summed E-state index contributed by atoms with van der Waals surface area (Å²) < 4.78 is 43.6. The fourth-order valence-electron chi connectivity index (χ4n) is 2.33. The molecule has 0 unspecified atom stereocenters. The van der Waals surface area contributed by atoms with Gasteiger partial charge in [-0.15, -0.1) is 0 Å². The first-order valence-corrected chi connectivity index (χ1v) is 7.61. The second kappa shape index (κ2) is 7.50. The molecule has 0 fully saturated rings. The molecule has 1 amide bonds. The van der Waals surface area contributed by atoms with Crippen LogP contribution in [0.25, 0.3) is 0 Å². The summed E-state index contributed by atoms with van der Waals surface area (Å²) in [6, 6.07) is 4.97. The number of hydrogen-bond acceptors (Lipinski definition) is 4. The minimum absolute atomic E-state index is 0.0189. The summed E-state index contributed by atoms with van der Waals surface area (Å²) in [4.78, 5) is 13.6. The summed E-state index contributed by atoms with van der Waals surface area (Å²) in [5.41, 5.74) is -0.241. The number of carbonyl (C=O) groups is 1. The number of aliphatic hydroxyl groups excluding tert-OH is 1. The molecular weight excluding hydrogens is 337 g/mol. The topological polar surface area (TPSA) is 61.8 Å². The molecule has 0 radical (unpaired) electrons. The third kappa shape index (κ3) is 4.46. The highest BCUT2D eigenvalue weighted by Gasteiger charge is 2.34. The zero-order valence-corrected chi connectivity index (χ0v) is 13.7. The SMILES string of the molecule is C=C1C(O)=C(C(=O)NCCCOc2ccccc2C(F)(F)F)CN1C. The Morgan fingerprint density at radius 3 is 2.68 bits per heavy atom. The second-order valence-corrected chi connectivity index (χ2v) is 5.58. The van der Waals surface area contributed by atoms with Crippen molar-refractivity contribution in [1.82, 2.24) is 10.2 Å². The van der Waals surface area contributed by atoms with Gasteiger partial charge in [0.15, 0.2) is 0 Å². The molecule has 136 valence electrons. The van der Waals surface area contributed by atoms with Crippen molar-refractivity contribution in [1.29, 1.82) is 0 Å². The predicted octanol–water partition coefficient (Wildman–Crippen LogP) is 2.86. The van der Waals surface area contributed by atoms with Crippen molar-refractivity contribution < 1.29 is 27.8 Å². The van der Waals surface area contributed by atoms with Crippen LogP contribution in [-0.2, 0) is 11.0 Å². The monoisotopic (exact) mass is 356 g/mol. The van der Waals surface area contributed by atoms with Crippen LogP contribution in [0.1, 0.15) is 12.0 Å². The van der Waals surface area contributed by atoms with Crippen molar-refractivity contribution in [3.63, 3.8) is 0 Å². The number of nitrogens with one attached hydrogen (secondary N) is 1. The quantitative estimate of drug-likeness (QED) is 0.770. The maximum absolute atomic E-state index is 12.8. The summed E-state index contributed by atoms with van der Waals surface area (Å²) >= 11 is 0. The Morgan fingerprint density at radius 2 is 2.08 bits per heavy atom. The van der Waals surface area contributed by atoms with Gasteiger partial charge in [-0.25, -0.2) is 0 Å². The number of carbonyl (C=O) groups excluding carboxylic acids is 1. The lowest BCUT2D eigenvalue weighted by molar-refractivity contribution is -0.139. The van der Waals surface area contributed by atoms with Crippen molar-refractivity contribution in [3.8, 4) is 5.75 Å². The minimum atomic E-state index is -4.48. The van der Waals surface area contributed by atoms with Crippen LogP contribution >= 0.6 is 0 Å². The molecule has 0 aromatic heterocycles. The smallest absolute Gasteiger partial charge is 0.419 e. The van der Waals surface area contributed by atoms with E-state index in [2.05, 4.69) is 11.9 Å². The number of aliphatic hydroxyl groups is 1. The van der Waals surface area contributed by atoms with Gasteiger partial charge >= 0.3 is 6.18 Å². The lowest BCUT2D eigenvalue weighted by Crippen LogP contribution is -2.29. The molecule has 5 nitrogen and oxygen atoms in total. The summed E-state index contributed by atoms with van der Waals surface area (Å²) in [6.45, 7) is 4.13. The molecule has 0 spiro atoms. The summed E-state index contributed by atoms with van der Waals surface area (Å²) in [7, 11) is 1.70. The van der Waals surface area contributed by atoms with E-state index in [0.29, 0.717) is 12.1 Å². The Kier molecular flexibility index (Phi) is 5.61. The summed E-state index contributed by atoms with van der Waals surface area (Å²) in [5, 5.41) is 12.4. The van der Waals surface area contributed by atoms with E-state index in [0.717, 1.165) is 6.07 Å². The molecule has 1 aliphatic rings. The van der Waals surface area contributed by atoms with Gasteiger partial charge < -0.3 is 20.1 Å².